The number of hydrogen-bond donors (Lipinski definition) is 1. The molecular formula is C18H21N2+. The van der Waals surface area contributed by atoms with Crippen LogP contribution in [0.15, 0.2) is 54.6 Å². The van der Waals surface area contributed by atoms with Crippen LogP contribution in [0.1, 0.15) is 24.7 Å². The lowest BCUT2D eigenvalue weighted by molar-refractivity contribution is -0.678. The summed E-state index contributed by atoms with van der Waals surface area (Å²) in [5.41, 5.74) is 3.95. The Kier molecular flexibility index (Phi) is 3.82. The summed E-state index contributed by atoms with van der Waals surface area (Å²) in [7, 11) is 0. The van der Waals surface area contributed by atoms with E-state index in [-0.39, 0.29) is 0 Å². The molecule has 0 saturated heterocycles. The summed E-state index contributed by atoms with van der Waals surface area (Å²) in [4.78, 5) is 3.56. The first-order valence-corrected chi connectivity index (χ1v) is 7.42. The van der Waals surface area contributed by atoms with Gasteiger partial charge in [0.25, 0.3) is 5.82 Å². The fraction of sp³-hybridized carbons (Fsp3) is 0.278. The monoisotopic (exact) mass is 265 g/mol. The molecule has 0 aliphatic carbocycles. The molecule has 3 aromatic rings. The molecule has 0 fully saturated rings. The van der Waals surface area contributed by atoms with E-state index in [1.807, 2.05) is 0 Å². The average molecular weight is 265 g/mol. The second-order valence-corrected chi connectivity index (χ2v) is 5.23. The maximum absolute atomic E-state index is 3.56. The zero-order valence-electron chi connectivity index (χ0n) is 12.0. The number of aromatic amines is 1. The Bertz CT molecular complexity index is 683. The van der Waals surface area contributed by atoms with Crippen LogP contribution in [0.4, 0.5) is 0 Å². The van der Waals surface area contributed by atoms with Crippen molar-refractivity contribution in [1.29, 1.82) is 0 Å². The molecule has 0 aliphatic heterocycles. The largest absolute Gasteiger partial charge is 0.255 e. The molecule has 2 heteroatoms. The Morgan fingerprint density at radius 3 is 2.45 bits per heavy atom. The molecular weight excluding hydrogens is 244 g/mol. The van der Waals surface area contributed by atoms with Crippen molar-refractivity contribution in [3.8, 4) is 0 Å². The van der Waals surface area contributed by atoms with Crippen LogP contribution in [-0.4, -0.2) is 4.98 Å². The van der Waals surface area contributed by atoms with Crippen molar-refractivity contribution in [1.82, 2.24) is 4.98 Å². The van der Waals surface area contributed by atoms with E-state index in [2.05, 4.69) is 71.1 Å². The molecule has 0 saturated carbocycles. The van der Waals surface area contributed by atoms with E-state index in [0.717, 1.165) is 25.8 Å². The van der Waals surface area contributed by atoms with Crippen molar-refractivity contribution in [2.45, 2.75) is 32.7 Å². The van der Waals surface area contributed by atoms with Gasteiger partial charge in [-0.2, -0.15) is 0 Å². The van der Waals surface area contributed by atoms with Crippen LogP contribution in [0.5, 0.6) is 0 Å². The molecule has 0 bridgehead atoms. The van der Waals surface area contributed by atoms with Gasteiger partial charge in [-0.05, 0) is 24.1 Å². The van der Waals surface area contributed by atoms with Gasteiger partial charge in [0.15, 0.2) is 11.0 Å². The molecule has 1 aromatic heterocycles. The Labute approximate surface area is 120 Å². The first-order valence-electron chi connectivity index (χ1n) is 7.42. The highest BCUT2D eigenvalue weighted by Crippen LogP contribution is 2.11. The highest BCUT2D eigenvalue weighted by atomic mass is 15.1. The van der Waals surface area contributed by atoms with Gasteiger partial charge in [0.05, 0.1) is 6.54 Å². The highest BCUT2D eigenvalue weighted by Gasteiger charge is 2.16. The average Bonchev–Trinajstić information content (AvgIpc) is 2.84. The lowest BCUT2D eigenvalue weighted by Crippen LogP contribution is -2.38. The third kappa shape index (κ3) is 2.60. The number of aromatic nitrogens is 2. The number of para-hydroxylation sites is 2. The molecule has 1 N–H and O–H groups in total. The zero-order valence-corrected chi connectivity index (χ0v) is 12.0. The highest BCUT2D eigenvalue weighted by molar-refractivity contribution is 5.71. The zero-order chi connectivity index (χ0) is 13.8. The van der Waals surface area contributed by atoms with E-state index >= 15 is 0 Å². The second-order valence-electron chi connectivity index (χ2n) is 5.23. The summed E-state index contributed by atoms with van der Waals surface area (Å²) in [5.74, 6) is 1.34. The summed E-state index contributed by atoms with van der Waals surface area (Å²) in [5, 5.41) is 0. The molecule has 2 nitrogen and oxygen atoms in total. The fourth-order valence-corrected chi connectivity index (χ4v) is 2.76. The normalized spacial score (nSPS) is 11.1. The van der Waals surface area contributed by atoms with Crippen LogP contribution in [0, 0.1) is 0 Å². The fourth-order valence-electron chi connectivity index (χ4n) is 2.76. The molecule has 2 aromatic carbocycles. The molecule has 0 atom stereocenters. The molecule has 0 unspecified atom stereocenters. The van der Waals surface area contributed by atoms with E-state index < -0.39 is 0 Å². The first-order chi connectivity index (χ1) is 9.88. The SMILES string of the molecule is CCCc1[nH]c2ccccc2[n+]1CCc1ccccc1. The number of fused-ring (bicyclic) bond motifs is 1. The third-order valence-corrected chi connectivity index (χ3v) is 3.75. The van der Waals surface area contributed by atoms with Gasteiger partial charge >= 0.3 is 0 Å². The first kappa shape index (κ1) is 12.9. The predicted octanol–water partition coefficient (Wildman–Crippen LogP) is 3.65. The minimum atomic E-state index is 1.03. The lowest BCUT2D eigenvalue weighted by Gasteiger charge is -2.02. The number of nitrogens with one attached hydrogen (secondary N) is 1. The van der Waals surface area contributed by atoms with Crippen molar-refractivity contribution in [2.24, 2.45) is 0 Å². The summed E-state index contributed by atoms with van der Waals surface area (Å²) in [6, 6.07) is 19.3. The molecule has 0 aliphatic rings. The molecule has 20 heavy (non-hydrogen) atoms. The van der Waals surface area contributed by atoms with Crippen LogP contribution in [0.2, 0.25) is 0 Å². The van der Waals surface area contributed by atoms with Gasteiger partial charge < -0.3 is 0 Å². The van der Waals surface area contributed by atoms with E-state index in [1.165, 1.54) is 22.4 Å². The standard InChI is InChI=1S/C18H20N2/c1-2-8-18-19-16-11-6-7-12-17(16)20(18)14-13-15-9-4-3-5-10-15/h3-7,9-12H,2,8,13-14H2,1H3/p+1. The number of H-pyrrole nitrogens is 1. The van der Waals surface area contributed by atoms with Crippen LogP contribution in [0.3, 0.4) is 0 Å². The molecule has 3 rings (SSSR count). The number of rotatable bonds is 5. The molecule has 0 radical (unpaired) electrons. The molecule has 0 spiro atoms. The smallest absolute Gasteiger partial charge is 0.241 e. The van der Waals surface area contributed by atoms with Gasteiger partial charge in [0.1, 0.15) is 0 Å². The van der Waals surface area contributed by atoms with Gasteiger partial charge in [-0.25, -0.2) is 9.55 Å². The minimum Gasteiger partial charge on any atom is -0.241 e. The van der Waals surface area contributed by atoms with Crippen molar-refractivity contribution in [3.05, 3.63) is 66.0 Å². The van der Waals surface area contributed by atoms with Gasteiger partial charge in [-0.15, -0.1) is 0 Å². The molecule has 0 amide bonds. The minimum absolute atomic E-state index is 1.03. The van der Waals surface area contributed by atoms with Crippen molar-refractivity contribution in [2.75, 3.05) is 0 Å². The van der Waals surface area contributed by atoms with Gasteiger partial charge in [-0.3, -0.25) is 0 Å². The molecule has 1 heterocycles. The Hall–Kier alpha value is -2.09. The number of benzene rings is 2. The Morgan fingerprint density at radius 2 is 1.65 bits per heavy atom. The quantitative estimate of drug-likeness (QED) is 0.679. The number of nitrogens with zero attached hydrogens (tertiary/aromatic N) is 1. The van der Waals surface area contributed by atoms with E-state index in [4.69, 9.17) is 0 Å². The van der Waals surface area contributed by atoms with Crippen LogP contribution >= 0.6 is 0 Å². The molecule has 102 valence electrons. The number of imidazole rings is 1. The predicted molar refractivity (Wildman–Crippen MR) is 82.6 cm³/mol. The van der Waals surface area contributed by atoms with Crippen molar-refractivity contribution >= 4 is 11.0 Å². The Morgan fingerprint density at radius 1 is 0.900 bits per heavy atom. The Balaban J connectivity index is 1.90. The maximum atomic E-state index is 3.56. The van der Waals surface area contributed by atoms with Crippen molar-refractivity contribution < 1.29 is 4.57 Å². The van der Waals surface area contributed by atoms with Crippen molar-refractivity contribution in [3.63, 3.8) is 0 Å². The number of hydrogen-bond acceptors (Lipinski definition) is 0. The summed E-state index contributed by atoms with van der Waals surface area (Å²) in [6.45, 7) is 3.26. The van der Waals surface area contributed by atoms with Gasteiger partial charge in [-0.1, -0.05) is 49.4 Å². The number of aryl methyl sites for hydroxylation is 3. The van der Waals surface area contributed by atoms with E-state index in [0.29, 0.717) is 0 Å². The summed E-state index contributed by atoms with van der Waals surface area (Å²) < 4.78 is 2.44. The van der Waals surface area contributed by atoms with Crippen LogP contribution in [-0.2, 0) is 19.4 Å². The summed E-state index contributed by atoms with van der Waals surface area (Å²) in [6.07, 6.45) is 3.34. The van der Waals surface area contributed by atoms with Crippen LogP contribution in [0.25, 0.3) is 11.0 Å². The summed E-state index contributed by atoms with van der Waals surface area (Å²) >= 11 is 0. The third-order valence-electron chi connectivity index (χ3n) is 3.75. The van der Waals surface area contributed by atoms with Gasteiger partial charge in [0, 0.05) is 12.8 Å². The lowest BCUT2D eigenvalue weighted by atomic mass is 10.1. The second kappa shape index (κ2) is 5.91. The van der Waals surface area contributed by atoms with Crippen LogP contribution < -0.4 is 4.57 Å². The van der Waals surface area contributed by atoms with E-state index in [9.17, 15) is 0 Å². The van der Waals surface area contributed by atoms with E-state index in [1.54, 1.807) is 0 Å². The van der Waals surface area contributed by atoms with Gasteiger partial charge in [0.2, 0.25) is 0 Å². The maximum Gasteiger partial charge on any atom is 0.255 e. The topological polar surface area (TPSA) is 19.7 Å².